The van der Waals surface area contributed by atoms with Crippen LogP contribution in [0.2, 0.25) is 5.15 Å². The number of aryl methyl sites for hydroxylation is 2. The van der Waals surface area contributed by atoms with Crippen molar-refractivity contribution in [2.24, 2.45) is 7.05 Å². The van der Waals surface area contributed by atoms with Gasteiger partial charge in [-0.3, -0.25) is 9.48 Å². The number of rotatable bonds is 6. The van der Waals surface area contributed by atoms with Gasteiger partial charge >= 0.3 is 0 Å². The Bertz CT molecular complexity index is 749. The van der Waals surface area contributed by atoms with Crippen LogP contribution in [0.5, 0.6) is 0 Å². The van der Waals surface area contributed by atoms with Crippen LogP contribution in [0, 0.1) is 6.92 Å². The molecule has 0 aliphatic heterocycles. The summed E-state index contributed by atoms with van der Waals surface area (Å²) in [5.74, 6) is -0.158. The molecule has 1 N–H and O–H groups in total. The normalized spacial score (nSPS) is 11.4. The van der Waals surface area contributed by atoms with Crippen molar-refractivity contribution in [3.8, 4) is 0 Å². The molecule has 0 atom stereocenters. The van der Waals surface area contributed by atoms with E-state index in [-0.39, 0.29) is 5.91 Å². The van der Waals surface area contributed by atoms with Crippen LogP contribution in [0.25, 0.3) is 6.08 Å². The third-order valence-electron chi connectivity index (χ3n) is 3.66. The fraction of sp³-hybridized carbons (Fsp3) is 0.333. The summed E-state index contributed by atoms with van der Waals surface area (Å²) in [6.45, 7) is 3.19. The lowest BCUT2D eigenvalue weighted by Crippen LogP contribution is -2.22. The van der Waals surface area contributed by atoms with E-state index >= 15 is 0 Å². The van der Waals surface area contributed by atoms with E-state index in [4.69, 9.17) is 11.6 Å². The minimum Gasteiger partial charge on any atom is -0.348 e. The molecule has 0 bridgehead atoms. The Labute approximate surface area is 147 Å². The molecule has 0 spiro atoms. The monoisotopic (exact) mass is 346 g/mol. The van der Waals surface area contributed by atoms with Gasteiger partial charge in [0.1, 0.15) is 5.15 Å². The van der Waals surface area contributed by atoms with Crippen LogP contribution in [0.3, 0.4) is 0 Å². The summed E-state index contributed by atoms with van der Waals surface area (Å²) in [5, 5.41) is 7.65. The molecule has 0 aliphatic carbocycles. The minimum absolute atomic E-state index is 0.158. The summed E-state index contributed by atoms with van der Waals surface area (Å²) in [6, 6.07) is 8.10. The van der Waals surface area contributed by atoms with Crippen molar-refractivity contribution in [2.45, 2.75) is 20.0 Å². The maximum Gasteiger partial charge on any atom is 0.244 e. The molecule has 2 aromatic rings. The zero-order valence-electron chi connectivity index (χ0n) is 14.5. The van der Waals surface area contributed by atoms with Gasteiger partial charge in [0.05, 0.1) is 5.69 Å². The zero-order chi connectivity index (χ0) is 17.7. The van der Waals surface area contributed by atoms with E-state index in [1.54, 1.807) is 17.8 Å². The van der Waals surface area contributed by atoms with Crippen molar-refractivity contribution in [1.29, 1.82) is 0 Å². The first kappa shape index (κ1) is 18.2. The molecular formula is C18H23ClN4O. The fourth-order valence-electron chi connectivity index (χ4n) is 2.46. The number of carbonyl (C=O) groups excluding carboxylic acids is 1. The van der Waals surface area contributed by atoms with Crippen LogP contribution in [0.15, 0.2) is 30.3 Å². The predicted octanol–water partition coefficient (Wildman–Crippen LogP) is 2.77. The van der Waals surface area contributed by atoms with E-state index < -0.39 is 0 Å². The molecule has 1 aromatic heterocycles. The summed E-state index contributed by atoms with van der Waals surface area (Å²) in [4.78, 5) is 14.2. The average molecular weight is 347 g/mol. The Morgan fingerprint density at radius 1 is 1.33 bits per heavy atom. The van der Waals surface area contributed by atoms with Gasteiger partial charge < -0.3 is 10.2 Å². The molecule has 1 heterocycles. The number of hydrogen-bond acceptors (Lipinski definition) is 3. The predicted molar refractivity (Wildman–Crippen MR) is 97.7 cm³/mol. The van der Waals surface area contributed by atoms with Gasteiger partial charge in [-0.2, -0.15) is 5.10 Å². The van der Waals surface area contributed by atoms with E-state index in [0.717, 1.165) is 23.4 Å². The molecule has 0 radical (unpaired) electrons. The largest absolute Gasteiger partial charge is 0.348 e. The van der Waals surface area contributed by atoms with Gasteiger partial charge in [-0.15, -0.1) is 0 Å². The molecule has 2 rings (SSSR count). The molecule has 6 heteroatoms. The van der Waals surface area contributed by atoms with Crippen LogP contribution in [-0.2, 0) is 24.9 Å². The average Bonchev–Trinajstić information content (AvgIpc) is 2.76. The number of benzene rings is 1. The van der Waals surface area contributed by atoms with Gasteiger partial charge in [0.15, 0.2) is 0 Å². The van der Waals surface area contributed by atoms with E-state index in [1.807, 2.05) is 39.2 Å². The van der Waals surface area contributed by atoms with Gasteiger partial charge in [0, 0.05) is 31.8 Å². The van der Waals surface area contributed by atoms with Gasteiger partial charge in [-0.1, -0.05) is 35.9 Å². The number of halogens is 1. The molecule has 0 saturated heterocycles. The summed E-state index contributed by atoms with van der Waals surface area (Å²) in [7, 11) is 5.82. The van der Waals surface area contributed by atoms with Crippen LogP contribution >= 0.6 is 11.6 Å². The van der Waals surface area contributed by atoms with Crippen molar-refractivity contribution >= 4 is 23.6 Å². The van der Waals surface area contributed by atoms with Crippen LogP contribution in [0.4, 0.5) is 0 Å². The number of amides is 1. The van der Waals surface area contributed by atoms with E-state index in [0.29, 0.717) is 11.7 Å². The second kappa shape index (κ2) is 8.13. The quantitative estimate of drug-likeness (QED) is 0.818. The molecule has 0 unspecified atom stereocenters. The van der Waals surface area contributed by atoms with Crippen molar-refractivity contribution in [2.75, 3.05) is 14.1 Å². The lowest BCUT2D eigenvalue weighted by molar-refractivity contribution is -0.116. The summed E-state index contributed by atoms with van der Waals surface area (Å²) in [5.41, 5.74) is 3.88. The highest BCUT2D eigenvalue weighted by atomic mass is 35.5. The Morgan fingerprint density at radius 2 is 2.00 bits per heavy atom. The molecular weight excluding hydrogens is 324 g/mol. The van der Waals surface area contributed by atoms with Gasteiger partial charge in [0.2, 0.25) is 5.91 Å². The van der Waals surface area contributed by atoms with Crippen molar-refractivity contribution in [3.63, 3.8) is 0 Å². The second-order valence-electron chi connectivity index (χ2n) is 5.97. The first-order chi connectivity index (χ1) is 11.4. The highest BCUT2D eigenvalue weighted by Crippen LogP contribution is 2.19. The second-order valence-corrected chi connectivity index (χ2v) is 6.33. The summed E-state index contributed by atoms with van der Waals surface area (Å²) in [6.07, 6.45) is 3.19. The summed E-state index contributed by atoms with van der Waals surface area (Å²) < 4.78 is 1.59. The standard InChI is InChI=1S/C18H23ClN4O/c1-13-16(18(19)23(4)21-13)9-10-17(24)20-11-14-7-5-6-8-15(14)12-22(2)3/h5-10H,11-12H2,1-4H3,(H,20,24). The van der Waals surface area contributed by atoms with Gasteiger partial charge in [0.25, 0.3) is 0 Å². The molecule has 0 saturated carbocycles. The Morgan fingerprint density at radius 3 is 2.58 bits per heavy atom. The van der Waals surface area contributed by atoms with Crippen molar-refractivity contribution in [1.82, 2.24) is 20.0 Å². The van der Waals surface area contributed by atoms with Gasteiger partial charge in [-0.25, -0.2) is 0 Å². The molecule has 24 heavy (non-hydrogen) atoms. The lowest BCUT2D eigenvalue weighted by atomic mass is 10.1. The SMILES string of the molecule is Cc1nn(C)c(Cl)c1C=CC(=O)NCc1ccccc1CN(C)C. The minimum atomic E-state index is -0.158. The smallest absolute Gasteiger partial charge is 0.244 e. The first-order valence-electron chi connectivity index (χ1n) is 7.75. The van der Waals surface area contributed by atoms with E-state index in [2.05, 4.69) is 21.4 Å². The third kappa shape index (κ3) is 4.69. The Hall–Kier alpha value is -2.11. The van der Waals surface area contributed by atoms with Crippen LogP contribution in [0.1, 0.15) is 22.4 Å². The molecule has 1 amide bonds. The van der Waals surface area contributed by atoms with Crippen LogP contribution < -0.4 is 5.32 Å². The number of hydrogen-bond donors (Lipinski definition) is 1. The molecule has 0 aliphatic rings. The first-order valence-corrected chi connectivity index (χ1v) is 8.12. The molecule has 1 aromatic carbocycles. The zero-order valence-corrected chi connectivity index (χ0v) is 15.3. The summed E-state index contributed by atoms with van der Waals surface area (Å²) >= 11 is 6.15. The van der Waals surface area contributed by atoms with Crippen molar-refractivity contribution in [3.05, 3.63) is 57.9 Å². The number of nitrogens with one attached hydrogen (secondary N) is 1. The number of nitrogens with zero attached hydrogens (tertiary/aromatic N) is 3. The maximum atomic E-state index is 12.1. The van der Waals surface area contributed by atoms with E-state index in [9.17, 15) is 4.79 Å². The molecule has 0 fully saturated rings. The lowest BCUT2D eigenvalue weighted by Gasteiger charge is -2.14. The fourth-order valence-corrected chi connectivity index (χ4v) is 2.70. The topological polar surface area (TPSA) is 50.2 Å². The number of aromatic nitrogens is 2. The number of carbonyl (C=O) groups is 1. The van der Waals surface area contributed by atoms with Crippen LogP contribution in [-0.4, -0.2) is 34.7 Å². The highest BCUT2D eigenvalue weighted by molar-refractivity contribution is 6.31. The highest BCUT2D eigenvalue weighted by Gasteiger charge is 2.09. The Kier molecular flexibility index (Phi) is 6.17. The molecule has 128 valence electrons. The Balaban J connectivity index is 2.00. The molecule has 5 nitrogen and oxygen atoms in total. The maximum absolute atomic E-state index is 12.1. The van der Waals surface area contributed by atoms with Crippen molar-refractivity contribution < 1.29 is 4.79 Å². The van der Waals surface area contributed by atoms with E-state index in [1.165, 1.54) is 11.6 Å². The third-order valence-corrected chi connectivity index (χ3v) is 4.10. The van der Waals surface area contributed by atoms with Gasteiger partial charge in [-0.05, 0) is 38.2 Å².